The molecule has 0 saturated heterocycles. The van der Waals surface area contributed by atoms with Gasteiger partial charge in [-0.25, -0.2) is 5.12 Å². The SMILES string of the molecule is CC(C)C(C)(C)OC(C)(C)[NH+]([O-])[NH+](C)[NH-]. The zero-order valence-electron chi connectivity index (χ0n) is 10.9. The van der Waals surface area contributed by atoms with Crippen LogP contribution in [0.5, 0.6) is 0 Å². The van der Waals surface area contributed by atoms with Crippen LogP contribution in [0.4, 0.5) is 0 Å². The Kier molecular flexibility index (Phi) is 4.69. The van der Waals surface area contributed by atoms with Gasteiger partial charge < -0.3 is 15.8 Å². The van der Waals surface area contributed by atoms with Crippen LogP contribution in [0.2, 0.25) is 0 Å². The van der Waals surface area contributed by atoms with E-state index in [1.165, 1.54) is 7.05 Å². The fourth-order valence-corrected chi connectivity index (χ4v) is 1.27. The third-order valence-electron chi connectivity index (χ3n) is 2.80. The summed E-state index contributed by atoms with van der Waals surface area (Å²) in [5.74, 6) is 7.66. The van der Waals surface area contributed by atoms with Gasteiger partial charge in [0.1, 0.15) is 7.05 Å². The number of hydrogen-bond donors (Lipinski definition) is 2. The molecule has 0 aromatic rings. The lowest BCUT2D eigenvalue weighted by Crippen LogP contribution is -3.57. The zero-order chi connectivity index (χ0) is 12.4. The maximum absolute atomic E-state index is 11.7. The molecule has 2 unspecified atom stereocenters. The van der Waals surface area contributed by atoms with Crippen molar-refractivity contribution in [3.8, 4) is 0 Å². The molecule has 5 heteroatoms. The van der Waals surface area contributed by atoms with Crippen LogP contribution in [0.15, 0.2) is 0 Å². The fraction of sp³-hybridized carbons (Fsp3) is 1.00. The average Bonchev–Trinajstić information content (AvgIpc) is 2.00. The Bertz CT molecular complexity index is 203. The third-order valence-corrected chi connectivity index (χ3v) is 2.80. The van der Waals surface area contributed by atoms with Gasteiger partial charge in [-0.2, -0.15) is 5.17 Å². The van der Waals surface area contributed by atoms with E-state index in [4.69, 9.17) is 10.6 Å². The Morgan fingerprint density at radius 2 is 1.60 bits per heavy atom. The average molecular weight is 219 g/mol. The monoisotopic (exact) mass is 219 g/mol. The third kappa shape index (κ3) is 4.04. The van der Waals surface area contributed by atoms with Crippen LogP contribution in [-0.4, -0.2) is 18.4 Å². The molecule has 0 spiro atoms. The highest BCUT2D eigenvalue weighted by Crippen LogP contribution is 2.24. The van der Waals surface area contributed by atoms with Gasteiger partial charge in [-0.05, 0) is 19.8 Å². The lowest BCUT2D eigenvalue weighted by Gasteiger charge is -2.45. The quantitative estimate of drug-likeness (QED) is 0.503. The molecular formula is C10H25N3O2. The van der Waals surface area contributed by atoms with E-state index in [9.17, 15) is 5.21 Å². The van der Waals surface area contributed by atoms with Crippen LogP contribution < -0.4 is 10.3 Å². The molecule has 0 fully saturated rings. The number of nitrogens with one attached hydrogen (secondary N) is 3. The van der Waals surface area contributed by atoms with Crippen molar-refractivity contribution >= 4 is 0 Å². The lowest BCUT2D eigenvalue weighted by molar-refractivity contribution is -1.48. The molecule has 0 aliphatic heterocycles. The molecule has 0 aliphatic rings. The minimum absolute atomic E-state index is 0.0413. The first kappa shape index (κ1) is 14.8. The smallest absolute Gasteiger partial charge is 0.239 e. The summed E-state index contributed by atoms with van der Waals surface area (Å²) in [6.07, 6.45) is 0. The van der Waals surface area contributed by atoms with E-state index in [-0.39, 0.29) is 15.9 Å². The Morgan fingerprint density at radius 3 is 1.87 bits per heavy atom. The minimum Gasteiger partial charge on any atom is -0.582 e. The van der Waals surface area contributed by atoms with Crippen molar-refractivity contribution in [2.24, 2.45) is 5.92 Å². The summed E-state index contributed by atoms with van der Waals surface area (Å²) in [7, 11) is 1.50. The van der Waals surface area contributed by atoms with E-state index in [1.807, 2.05) is 13.8 Å². The highest BCUT2D eigenvalue weighted by Gasteiger charge is 2.38. The molecule has 0 rings (SSSR count). The van der Waals surface area contributed by atoms with E-state index >= 15 is 0 Å². The number of rotatable bonds is 5. The van der Waals surface area contributed by atoms with Crippen LogP contribution in [0.1, 0.15) is 41.5 Å². The summed E-state index contributed by atoms with van der Waals surface area (Å²) in [5, 5.41) is 11.5. The summed E-state index contributed by atoms with van der Waals surface area (Å²) in [6, 6.07) is 0. The van der Waals surface area contributed by atoms with Crippen molar-refractivity contribution in [3.63, 3.8) is 0 Å². The Hall–Kier alpha value is -0.200. The molecule has 0 radical (unpaired) electrons. The predicted molar refractivity (Wildman–Crippen MR) is 59.6 cm³/mol. The van der Waals surface area contributed by atoms with Crippen LogP contribution in [0, 0.1) is 11.1 Å². The first-order chi connectivity index (χ1) is 6.50. The zero-order valence-corrected chi connectivity index (χ0v) is 10.9. The molecule has 0 aromatic heterocycles. The second-order valence-electron chi connectivity index (χ2n) is 5.32. The predicted octanol–water partition coefficient (Wildman–Crippen LogP) is -0.0467. The van der Waals surface area contributed by atoms with E-state index in [2.05, 4.69) is 13.8 Å². The van der Waals surface area contributed by atoms with Crippen LogP contribution in [0.25, 0.3) is 5.84 Å². The summed E-state index contributed by atoms with van der Waals surface area (Å²) in [4.78, 5) is 0. The Morgan fingerprint density at radius 1 is 1.20 bits per heavy atom. The maximum atomic E-state index is 11.7. The van der Waals surface area contributed by atoms with E-state index < -0.39 is 5.72 Å². The number of hydroxylamine groups is 1. The number of quaternary nitrogens is 2. The van der Waals surface area contributed by atoms with Crippen molar-refractivity contribution in [2.75, 3.05) is 7.05 Å². The van der Waals surface area contributed by atoms with Crippen molar-refractivity contribution in [2.45, 2.75) is 52.9 Å². The van der Waals surface area contributed by atoms with E-state index in [1.54, 1.807) is 13.8 Å². The second kappa shape index (κ2) is 4.76. The van der Waals surface area contributed by atoms with Crippen molar-refractivity contribution < 1.29 is 15.0 Å². The van der Waals surface area contributed by atoms with E-state index in [0.717, 1.165) is 0 Å². The molecule has 2 atom stereocenters. The lowest BCUT2D eigenvalue weighted by atomic mass is 9.94. The summed E-state index contributed by atoms with van der Waals surface area (Å²) in [5.41, 5.74) is -1.28. The largest absolute Gasteiger partial charge is 0.582 e. The van der Waals surface area contributed by atoms with Crippen LogP contribution in [0.3, 0.4) is 0 Å². The van der Waals surface area contributed by atoms with Gasteiger partial charge in [0.15, 0.2) is 0 Å². The van der Waals surface area contributed by atoms with Crippen molar-refractivity contribution in [3.05, 3.63) is 11.0 Å². The molecule has 0 bridgehead atoms. The fourth-order valence-electron chi connectivity index (χ4n) is 1.27. The molecule has 0 saturated carbocycles. The van der Waals surface area contributed by atoms with Gasteiger partial charge in [0.05, 0.1) is 5.60 Å². The minimum atomic E-state index is -0.917. The Labute approximate surface area is 92.7 Å². The first-order valence-electron chi connectivity index (χ1n) is 5.31. The van der Waals surface area contributed by atoms with Gasteiger partial charge in [-0.1, -0.05) is 13.8 Å². The topological polar surface area (TPSA) is 65.0 Å². The standard InChI is InChI=1S/C10H25N3O2/c1-8(2)9(3,4)15-10(5,6)13(14)12(7)11/h8,11-13H,1-7H3. The van der Waals surface area contributed by atoms with Crippen LogP contribution >= 0.6 is 0 Å². The summed E-state index contributed by atoms with van der Waals surface area (Å²) in [6.45, 7) is 11.5. The van der Waals surface area contributed by atoms with Crippen LogP contribution in [-0.2, 0) is 4.74 Å². The molecule has 0 aromatic carbocycles. The molecule has 5 nitrogen and oxygen atoms in total. The summed E-state index contributed by atoms with van der Waals surface area (Å²) >= 11 is 0. The molecule has 15 heavy (non-hydrogen) atoms. The molecule has 0 amide bonds. The number of ether oxygens (including phenoxy) is 1. The van der Waals surface area contributed by atoms with Gasteiger partial charge in [0.25, 0.3) is 0 Å². The van der Waals surface area contributed by atoms with Gasteiger partial charge in [0, 0.05) is 13.8 Å². The normalized spacial score (nSPS) is 18.0. The van der Waals surface area contributed by atoms with Gasteiger partial charge in [-0.3, -0.25) is 0 Å². The molecule has 92 valence electrons. The highest BCUT2D eigenvalue weighted by atomic mass is 16.6. The maximum Gasteiger partial charge on any atom is 0.239 e. The van der Waals surface area contributed by atoms with Gasteiger partial charge >= 0.3 is 0 Å². The Balaban J connectivity index is 4.63. The van der Waals surface area contributed by atoms with Gasteiger partial charge in [0.2, 0.25) is 5.72 Å². The van der Waals surface area contributed by atoms with Crippen molar-refractivity contribution in [1.29, 1.82) is 0 Å². The number of hydrogen-bond acceptors (Lipinski definition) is 2. The first-order valence-corrected chi connectivity index (χ1v) is 5.31. The molecule has 0 heterocycles. The summed E-state index contributed by atoms with van der Waals surface area (Å²) < 4.78 is 5.82. The highest BCUT2D eigenvalue weighted by molar-refractivity contribution is 4.74. The molecule has 3 N–H and O–H groups in total. The second-order valence-corrected chi connectivity index (χ2v) is 5.32. The molecule has 0 aliphatic carbocycles. The van der Waals surface area contributed by atoms with Gasteiger partial charge in [-0.15, -0.1) is 0 Å². The molecular weight excluding hydrogens is 194 g/mol. The van der Waals surface area contributed by atoms with E-state index in [0.29, 0.717) is 5.92 Å². The van der Waals surface area contributed by atoms with Crippen molar-refractivity contribution in [1.82, 2.24) is 0 Å².